The van der Waals surface area contributed by atoms with Crippen molar-refractivity contribution in [3.8, 4) is 0 Å². The quantitative estimate of drug-likeness (QED) is 0.648. The van der Waals surface area contributed by atoms with Crippen LogP contribution in [0.3, 0.4) is 0 Å². The highest BCUT2D eigenvalue weighted by Crippen LogP contribution is 2.12. The highest BCUT2D eigenvalue weighted by molar-refractivity contribution is 6.60. The molecule has 0 saturated carbocycles. The fraction of sp³-hybridized carbons (Fsp3) is 1.00. The summed E-state index contributed by atoms with van der Waals surface area (Å²) in [6, 6.07) is 0. The predicted octanol–water partition coefficient (Wildman–Crippen LogP) is 0.126. The molecule has 1 fully saturated rings. The van der Waals surface area contributed by atoms with E-state index in [0.29, 0.717) is 33.0 Å². The zero-order valence-corrected chi connectivity index (χ0v) is 10.8. The van der Waals surface area contributed by atoms with Crippen LogP contribution in [0.2, 0.25) is 0 Å². The average molecular weight is 235 g/mol. The van der Waals surface area contributed by atoms with Crippen LogP contribution in [-0.2, 0) is 18.0 Å². The summed E-state index contributed by atoms with van der Waals surface area (Å²) in [4.78, 5) is 2.05. The second-order valence-corrected chi connectivity index (χ2v) is 6.21. The molecule has 0 aliphatic carbocycles. The summed E-state index contributed by atoms with van der Waals surface area (Å²) >= 11 is 0. The van der Waals surface area contributed by atoms with Crippen LogP contribution >= 0.6 is 0 Å². The summed E-state index contributed by atoms with van der Waals surface area (Å²) < 4.78 is 22.5. The number of rotatable bonds is 4. The van der Waals surface area contributed by atoms with Crippen molar-refractivity contribution in [1.82, 2.24) is 4.90 Å². The van der Waals surface area contributed by atoms with Gasteiger partial charge in [-0.05, 0) is 21.0 Å². The monoisotopic (exact) mass is 235 g/mol. The van der Waals surface area contributed by atoms with Crippen molar-refractivity contribution in [2.75, 3.05) is 53.3 Å². The fourth-order valence-corrected chi connectivity index (χ4v) is 4.01. The number of nitrogens with zero attached hydrogens (tertiary/aromatic N) is 1. The lowest BCUT2D eigenvalue weighted by Gasteiger charge is -2.32. The van der Waals surface area contributed by atoms with Crippen molar-refractivity contribution in [2.24, 2.45) is 0 Å². The van der Waals surface area contributed by atoms with Crippen LogP contribution in [0, 0.1) is 0 Å². The van der Waals surface area contributed by atoms with E-state index in [1.54, 1.807) is 0 Å². The van der Waals surface area contributed by atoms with E-state index >= 15 is 0 Å². The van der Waals surface area contributed by atoms with Gasteiger partial charge in [-0.25, -0.2) is 0 Å². The molecular formula is C9H21NO4Si. The molecule has 0 atom stereocenters. The Hall–Kier alpha value is 0.0169. The average Bonchev–Trinajstić information content (AvgIpc) is 2.11. The van der Waals surface area contributed by atoms with Crippen LogP contribution in [0.25, 0.3) is 0 Å². The molecule has 0 radical (unpaired) electrons. The molecule has 0 unspecified atom stereocenters. The van der Waals surface area contributed by atoms with Crippen LogP contribution in [0.4, 0.5) is 0 Å². The standard InChI is InChI=1S/C9H21NO4Si/c1-4-12-15(9-10(2)3)13-7-5-11-6-8-14-15/h4-9H2,1-3H3. The molecule has 6 heteroatoms. The van der Waals surface area contributed by atoms with E-state index in [0.717, 1.165) is 6.17 Å². The van der Waals surface area contributed by atoms with E-state index < -0.39 is 8.80 Å². The normalized spacial score (nSPS) is 22.4. The van der Waals surface area contributed by atoms with Crippen molar-refractivity contribution in [3.63, 3.8) is 0 Å². The molecule has 90 valence electrons. The second-order valence-electron chi connectivity index (χ2n) is 3.66. The van der Waals surface area contributed by atoms with Crippen LogP contribution in [0.1, 0.15) is 6.92 Å². The first-order valence-corrected chi connectivity index (χ1v) is 7.26. The molecule has 1 aliphatic heterocycles. The molecule has 1 aliphatic rings. The molecule has 0 aromatic heterocycles. The van der Waals surface area contributed by atoms with Gasteiger partial charge in [0.25, 0.3) is 0 Å². The third kappa shape index (κ3) is 4.58. The lowest BCUT2D eigenvalue weighted by molar-refractivity contribution is -0.0189. The predicted molar refractivity (Wildman–Crippen MR) is 58.7 cm³/mol. The van der Waals surface area contributed by atoms with E-state index in [1.165, 1.54) is 0 Å². The highest BCUT2D eigenvalue weighted by Gasteiger charge is 2.42. The minimum Gasteiger partial charge on any atom is -0.377 e. The summed E-state index contributed by atoms with van der Waals surface area (Å²) in [5.41, 5.74) is 0. The molecule has 0 N–H and O–H groups in total. The maximum absolute atomic E-state index is 5.75. The van der Waals surface area contributed by atoms with Crippen LogP contribution in [0.15, 0.2) is 0 Å². The Kier molecular flexibility index (Phi) is 5.73. The molecule has 15 heavy (non-hydrogen) atoms. The van der Waals surface area contributed by atoms with Crippen molar-refractivity contribution in [3.05, 3.63) is 0 Å². The second kappa shape index (κ2) is 6.57. The van der Waals surface area contributed by atoms with Gasteiger partial charge >= 0.3 is 8.80 Å². The molecule has 0 bridgehead atoms. The van der Waals surface area contributed by atoms with Gasteiger partial charge in [-0.1, -0.05) is 0 Å². The molecule has 0 aromatic carbocycles. The van der Waals surface area contributed by atoms with Gasteiger partial charge in [-0.15, -0.1) is 0 Å². The van der Waals surface area contributed by atoms with Gasteiger partial charge in [0, 0.05) is 6.61 Å². The van der Waals surface area contributed by atoms with Crippen molar-refractivity contribution < 1.29 is 18.0 Å². The lowest BCUT2D eigenvalue weighted by atomic mass is 10.7. The molecule has 1 heterocycles. The van der Waals surface area contributed by atoms with Crippen molar-refractivity contribution in [2.45, 2.75) is 6.92 Å². The lowest BCUT2D eigenvalue weighted by Crippen LogP contribution is -2.55. The van der Waals surface area contributed by atoms with Gasteiger partial charge in [0.1, 0.15) is 0 Å². The Morgan fingerprint density at radius 2 is 1.73 bits per heavy atom. The summed E-state index contributed by atoms with van der Waals surface area (Å²) in [5, 5.41) is 0. The summed E-state index contributed by atoms with van der Waals surface area (Å²) in [7, 11) is 1.51. The van der Waals surface area contributed by atoms with E-state index in [1.807, 2.05) is 25.9 Å². The van der Waals surface area contributed by atoms with Gasteiger partial charge in [0.2, 0.25) is 0 Å². The summed E-state index contributed by atoms with van der Waals surface area (Å²) in [5.74, 6) is 0. The maximum Gasteiger partial charge on any atom is 0.515 e. The largest absolute Gasteiger partial charge is 0.515 e. The maximum atomic E-state index is 5.75. The Morgan fingerprint density at radius 1 is 1.13 bits per heavy atom. The topological polar surface area (TPSA) is 40.2 Å². The molecule has 5 nitrogen and oxygen atoms in total. The third-order valence-corrected chi connectivity index (χ3v) is 5.01. The molecule has 0 spiro atoms. The Bertz CT molecular complexity index is 171. The van der Waals surface area contributed by atoms with Crippen LogP contribution in [-0.4, -0.2) is 67.0 Å². The van der Waals surface area contributed by atoms with Gasteiger partial charge in [0.15, 0.2) is 0 Å². The molecule has 1 rings (SSSR count). The van der Waals surface area contributed by atoms with E-state index in [9.17, 15) is 0 Å². The van der Waals surface area contributed by atoms with E-state index in [2.05, 4.69) is 0 Å². The Labute approximate surface area is 92.6 Å². The summed E-state index contributed by atoms with van der Waals surface area (Å²) in [6.45, 7) is 4.95. The fourth-order valence-electron chi connectivity index (χ4n) is 1.48. The summed E-state index contributed by atoms with van der Waals surface area (Å²) in [6.07, 6.45) is 0.723. The number of hydrogen-bond donors (Lipinski definition) is 0. The minimum atomic E-state index is -2.48. The van der Waals surface area contributed by atoms with Crippen LogP contribution in [0.5, 0.6) is 0 Å². The first kappa shape index (κ1) is 13.1. The highest BCUT2D eigenvalue weighted by atomic mass is 28.4. The van der Waals surface area contributed by atoms with Gasteiger partial charge in [0.05, 0.1) is 32.6 Å². The third-order valence-electron chi connectivity index (χ3n) is 1.97. The Morgan fingerprint density at radius 3 is 2.20 bits per heavy atom. The van der Waals surface area contributed by atoms with Gasteiger partial charge in [-0.3, -0.25) is 0 Å². The van der Waals surface area contributed by atoms with Crippen molar-refractivity contribution in [1.29, 1.82) is 0 Å². The number of hydrogen-bond acceptors (Lipinski definition) is 5. The SMILES string of the molecule is CCO[Si]1(CN(C)C)OCCOCCO1. The Balaban J connectivity index is 2.57. The molecule has 0 aromatic rings. The van der Waals surface area contributed by atoms with Crippen LogP contribution < -0.4 is 0 Å². The van der Waals surface area contributed by atoms with Crippen molar-refractivity contribution >= 4 is 8.80 Å². The van der Waals surface area contributed by atoms with E-state index in [-0.39, 0.29) is 0 Å². The van der Waals surface area contributed by atoms with E-state index in [4.69, 9.17) is 18.0 Å². The van der Waals surface area contributed by atoms with Gasteiger partial charge in [-0.2, -0.15) is 0 Å². The first-order chi connectivity index (χ1) is 7.18. The smallest absolute Gasteiger partial charge is 0.377 e. The molecule has 1 saturated heterocycles. The number of ether oxygens (including phenoxy) is 1. The first-order valence-electron chi connectivity index (χ1n) is 5.33. The molecule has 0 amide bonds. The molecular weight excluding hydrogens is 214 g/mol. The zero-order valence-electron chi connectivity index (χ0n) is 9.82. The van der Waals surface area contributed by atoms with Gasteiger partial charge < -0.3 is 22.9 Å². The zero-order chi connectivity index (χ0) is 11.1. The minimum absolute atomic E-state index is 0.556.